The Labute approximate surface area is 115 Å². The molecule has 0 aromatic heterocycles. The summed E-state index contributed by atoms with van der Waals surface area (Å²) in [6.07, 6.45) is 1.66. The fourth-order valence-electron chi connectivity index (χ4n) is 1.78. The van der Waals surface area contributed by atoms with E-state index in [0.717, 1.165) is 31.7 Å². The summed E-state index contributed by atoms with van der Waals surface area (Å²) in [6.45, 7) is 5.26. The van der Waals surface area contributed by atoms with Crippen LogP contribution >= 0.6 is 0 Å². The van der Waals surface area contributed by atoms with E-state index in [1.807, 2.05) is 6.07 Å². The van der Waals surface area contributed by atoms with E-state index < -0.39 is 0 Å². The number of benzene rings is 1. The number of ether oxygens (including phenoxy) is 2. The van der Waals surface area contributed by atoms with Crippen molar-refractivity contribution in [3.05, 3.63) is 29.3 Å². The van der Waals surface area contributed by atoms with Crippen molar-refractivity contribution in [3.8, 4) is 5.75 Å². The first-order valence-electron chi connectivity index (χ1n) is 6.80. The third-order valence-corrected chi connectivity index (χ3v) is 2.82. The number of nitrogens with one attached hydrogen (secondary N) is 1. The van der Waals surface area contributed by atoms with Crippen molar-refractivity contribution in [1.82, 2.24) is 5.32 Å². The third-order valence-electron chi connectivity index (χ3n) is 2.82. The van der Waals surface area contributed by atoms with Crippen molar-refractivity contribution in [1.29, 1.82) is 0 Å². The molecule has 0 aliphatic heterocycles. The van der Waals surface area contributed by atoms with Crippen LogP contribution in [0.25, 0.3) is 0 Å². The zero-order valence-corrected chi connectivity index (χ0v) is 11.9. The van der Waals surface area contributed by atoms with Gasteiger partial charge in [-0.2, -0.15) is 0 Å². The van der Waals surface area contributed by atoms with E-state index in [0.29, 0.717) is 13.2 Å². The molecular formula is C15H25NO3. The van der Waals surface area contributed by atoms with Crippen molar-refractivity contribution >= 4 is 0 Å². The van der Waals surface area contributed by atoms with Gasteiger partial charge in [0.05, 0.1) is 13.2 Å². The second-order valence-electron chi connectivity index (χ2n) is 4.56. The van der Waals surface area contributed by atoms with Crippen molar-refractivity contribution in [2.24, 2.45) is 0 Å². The molecule has 0 unspecified atom stereocenters. The van der Waals surface area contributed by atoms with Crippen LogP contribution in [0, 0.1) is 6.92 Å². The maximum Gasteiger partial charge on any atom is 0.123 e. The average Bonchev–Trinajstić information content (AvgIpc) is 2.41. The highest BCUT2D eigenvalue weighted by atomic mass is 16.5. The highest BCUT2D eigenvalue weighted by Gasteiger charge is 2.04. The number of hydrogen-bond acceptors (Lipinski definition) is 4. The lowest BCUT2D eigenvalue weighted by Crippen LogP contribution is -2.19. The van der Waals surface area contributed by atoms with Crippen molar-refractivity contribution < 1.29 is 14.6 Å². The van der Waals surface area contributed by atoms with Crippen LogP contribution in [0.5, 0.6) is 5.75 Å². The summed E-state index contributed by atoms with van der Waals surface area (Å²) in [7, 11) is 1.70. The van der Waals surface area contributed by atoms with Crippen LogP contribution < -0.4 is 10.1 Å². The Morgan fingerprint density at radius 2 is 2.05 bits per heavy atom. The molecule has 19 heavy (non-hydrogen) atoms. The topological polar surface area (TPSA) is 50.7 Å². The predicted molar refractivity (Wildman–Crippen MR) is 76.6 cm³/mol. The van der Waals surface area contributed by atoms with Gasteiger partial charge in [-0.3, -0.25) is 0 Å². The molecule has 4 nitrogen and oxygen atoms in total. The molecule has 4 heteroatoms. The Hall–Kier alpha value is -1.10. The first-order chi connectivity index (χ1) is 9.27. The van der Waals surface area contributed by atoms with Gasteiger partial charge in [-0.15, -0.1) is 0 Å². The van der Waals surface area contributed by atoms with Crippen molar-refractivity contribution in [3.63, 3.8) is 0 Å². The molecule has 0 amide bonds. The maximum absolute atomic E-state index is 8.74. The second-order valence-corrected chi connectivity index (χ2v) is 4.56. The van der Waals surface area contributed by atoms with Crippen LogP contribution in [0.4, 0.5) is 0 Å². The first-order valence-corrected chi connectivity index (χ1v) is 6.80. The maximum atomic E-state index is 8.74. The molecule has 108 valence electrons. The van der Waals surface area contributed by atoms with E-state index in [2.05, 4.69) is 24.4 Å². The normalized spacial score (nSPS) is 10.7. The Morgan fingerprint density at radius 3 is 2.79 bits per heavy atom. The average molecular weight is 267 g/mol. The van der Waals surface area contributed by atoms with Gasteiger partial charge in [-0.05, 0) is 25.8 Å². The number of hydrogen-bond donors (Lipinski definition) is 2. The number of unbranched alkanes of at least 4 members (excludes halogenated alkanes) is 1. The standard InChI is InChI=1S/C15H25NO3/c1-13-5-6-15(19-9-4-3-8-17)14(11-13)12-16-7-10-18-2/h5-6,11,16-17H,3-4,7-10,12H2,1-2H3. The summed E-state index contributed by atoms with van der Waals surface area (Å²) in [5, 5.41) is 12.1. The summed E-state index contributed by atoms with van der Waals surface area (Å²) in [6, 6.07) is 6.21. The highest BCUT2D eigenvalue weighted by molar-refractivity contribution is 5.36. The zero-order chi connectivity index (χ0) is 13.9. The molecule has 1 aromatic rings. The molecule has 0 heterocycles. The SMILES string of the molecule is COCCNCc1cc(C)ccc1OCCCCO. The lowest BCUT2D eigenvalue weighted by molar-refractivity contribution is 0.199. The summed E-state index contributed by atoms with van der Waals surface area (Å²) in [5.74, 6) is 0.924. The third kappa shape index (κ3) is 6.57. The molecule has 0 saturated heterocycles. The molecule has 0 atom stereocenters. The van der Waals surface area contributed by atoms with Gasteiger partial charge in [0.2, 0.25) is 0 Å². The van der Waals surface area contributed by atoms with E-state index in [4.69, 9.17) is 14.6 Å². The van der Waals surface area contributed by atoms with Crippen molar-refractivity contribution in [2.45, 2.75) is 26.3 Å². The number of methoxy groups -OCH3 is 1. The van der Waals surface area contributed by atoms with Gasteiger partial charge in [0.25, 0.3) is 0 Å². The van der Waals surface area contributed by atoms with E-state index in [1.165, 1.54) is 11.1 Å². The van der Waals surface area contributed by atoms with Crippen LogP contribution in [0.3, 0.4) is 0 Å². The van der Waals surface area contributed by atoms with Gasteiger partial charge in [-0.1, -0.05) is 17.7 Å². The largest absolute Gasteiger partial charge is 0.493 e. The van der Waals surface area contributed by atoms with E-state index >= 15 is 0 Å². The van der Waals surface area contributed by atoms with Gasteiger partial charge >= 0.3 is 0 Å². The number of aliphatic hydroxyl groups is 1. The molecular weight excluding hydrogens is 242 g/mol. The smallest absolute Gasteiger partial charge is 0.123 e. The molecule has 0 aliphatic rings. The number of aryl methyl sites for hydroxylation is 1. The zero-order valence-electron chi connectivity index (χ0n) is 11.9. The lowest BCUT2D eigenvalue weighted by atomic mass is 10.1. The van der Waals surface area contributed by atoms with Gasteiger partial charge in [0.15, 0.2) is 0 Å². The molecule has 1 rings (SSSR count). The predicted octanol–water partition coefficient (Wildman–Crippen LogP) is 1.88. The van der Waals surface area contributed by atoms with Gasteiger partial charge in [-0.25, -0.2) is 0 Å². The Kier molecular flexibility index (Phi) is 8.21. The van der Waals surface area contributed by atoms with Gasteiger partial charge in [0, 0.05) is 32.4 Å². The van der Waals surface area contributed by atoms with Crippen LogP contribution in [0.1, 0.15) is 24.0 Å². The van der Waals surface area contributed by atoms with E-state index in [1.54, 1.807) is 7.11 Å². The summed E-state index contributed by atoms with van der Waals surface area (Å²) in [5.41, 5.74) is 2.39. The van der Waals surface area contributed by atoms with Crippen molar-refractivity contribution in [2.75, 3.05) is 33.5 Å². The molecule has 0 spiro atoms. The molecule has 1 aromatic carbocycles. The van der Waals surface area contributed by atoms with E-state index in [9.17, 15) is 0 Å². The molecule has 2 N–H and O–H groups in total. The minimum Gasteiger partial charge on any atom is -0.493 e. The Morgan fingerprint density at radius 1 is 1.21 bits per heavy atom. The molecule has 0 aliphatic carbocycles. The summed E-state index contributed by atoms with van der Waals surface area (Å²) < 4.78 is 10.8. The van der Waals surface area contributed by atoms with Crippen LogP contribution in [-0.4, -0.2) is 38.6 Å². The van der Waals surface area contributed by atoms with Gasteiger partial charge < -0.3 is 19.9 Å². The van der Waals surface area contributed by atoms with Crippen LogP contribution in [-0.2, 0) is 11.3 Å². The first kappa shape index (κ1) is 16.0. The van der Waals surface area contributed by atoms with Gasteiger partial charge in [0.1, 0.15) is 5.75 Å². The van der Waals surface area contributed by atoms with E-state index in [-0.39, 0.29) is 6.61 Å². The number of aliphatic hydroxyl groups excluding tert-OH is 1. The second kappa shape index (κ2) is 9.78. The monoisotopic (exact) mass is 267 g/mol. The molecule has 0 saturated carbocycles. The summed E-state index contributed by atoms with van der Waals surface area (Å²) >= 11 is 0. The fourth-order valence-corrected chi connectivity index (χ4v) is 1.78. The van der Waals surface area contributed by atoms with Crippen LogP contribution in [0.2, 0.25) is 0 Å². The fraction of sp³-hybridized carbons (Fsp3) is 0.600. The molecule has 0 bridgehead atoms. The highest BCUT2D eigenvalue weighted by Crippen LogP contribution is 2.20. The minimum absolute atomic E-state index is 0.225. The Bertz CT molecular complexity index is 355. The summed E-state index contributed by atoms with van der Waals surface area (Å²) in [4.78, 5) is 0. The number of rotatable bonds is 10. The van der Waals surface area contributed by atoms with Crippen LogP contribution in [0.15, 0.2) is 18.2 Å². The quantitative estimate of drug-likeness (QED) is 0.636. The molecule has 0 radical (unpaired) electrons. The lowest BCUT2D eigenvalue weighted by Gasteiger charge is -2.13. The Balaban J connectivity index is 2.48. The molecule has 0 fully saturated rings. The minimum atomic E-state index is 0.225.